The predicted octanol–water partition coefficient (Wildman–Crippen LogP) is 0.783. The number of hydrogen-bond donors (Lipinski definition) is 2. The Hall–Kier alpha value is -0.795. The van der Waals surface area contributed by atoms with Crippen LogP contribution in [0.1, 0.15) is 20.3 Å². The topological polar surface area (TPSA) is 40.5 Å². The van der Waals surface area contributed by atoms with Gasteiger partial charge >= 0.3 is 7.12 Å². The molecule has 0 saturated carbocycles. The van der Waals surface area contributed by atoms with E-state index in [1.165, 1.54) is 6.42 Å². The average Bonchev–Trinajstić information content (AvgIpc) is 2.07. The normalized spacial score (nSPS) is 8.33. The second-order valence-electron chi connectivity index (χ2n) is 2.49. The molecule has 0 amide bonds. The molecule has 3 heteroatoms. The monoisotopic (exact) mass is 166 g/mol. The van der Waals surface area contributed by atoms with E-state index in [1.807, 2.05) is 6.07 Å². The molecule has 0 saturated heterocycles. The van der Waals surface area contributed by atoms with Crippen LogP contribution in [0.4, 0.5) is 0 Å². The van der Waals surface area contributed by atoms with Gasteiger partial charge in [-0.2, -0.15) is 0 Å². The molecule has 0 heterocycles. The third kappa shape index (κ3) is 4.94. The Bertz CT molecular complexity index is 187. The summed E-state index contributed by atoms with van der Waals surface area (Å²) in [7, 11) is -1.34. The highest BCUT2D eigenvalue weighted by Gasteiger charge is 2.07. The fourth-order valence-electron chi connectivity index (χ4n) is 0.625. The number of benzene rings is 1. The fraction of sp³-hybridized carbons (Fsp3) is 0.333. The van der Waals surface area contributed by atoms with Crippen LogP contribution in [0, 0.1) is 0 Å². The van der Waals surface area contributed by atoms with Gasteiger partial charge in [0.1, 0.15) is 0 Å². The lowest BCUT2D eigenvalue weighted by molar-refractivity contribution is 0.426. The lowest BCUT2D eigenvalue weighted by Gasteiger charge is -1.94. The van der Waals surface area contributed by atoms with Crippen molar-refractivity contribution in [3.63, 3.8) is 0 Å². The molecule has 0 bridgehead atoms. The summed E-state index contributed by atoms with van der Waals surface area (Å²) in [5.41, 5.74) is 0.525. The summed E-state index contributed by atoms with van der Waals surface area (Å²) in [5, 5.41) is 17.2. The van der Waals surface area contributed by atoms with Crippen LogP contribution in [0.3, 0.4) is 0 Å². The lowest BCUT2D eigenvalue weighted by Crippen LogP contribution is -2.29. The summed E-state index contributed by atoms with van der Waals surface area (Å²) in [6.07, 6.45) is 1.25. The first-order valence-electron chi connectivity index (χ1n) is 4.13. The highest BCUT2D eigenvalue weighted by atomic mass is 16.4. The van der Waals surface area contributed by atoms with Crippen molar-refractivity contribution in [2.24, 2.45) is 0 Å². The summed E-state index contributed by atoms with van der Waals surface area (Å²) < 4.78 is 0. The van der Waals surface area contributed by atoms with Crippen molar-refractivity contribution >= 4 is 12.6 Å². The molecule has 0 fully saturated rings. The van der Waals surface area contributed by atoms with Gasteiger partial charge in [-0.3, -0.25) is 0 Å². The third-order valence-electron chi connectivity index (χ3n) is 1.10. The average molecular weight is 166 g/mol. The predicted molar refractivity (Wildman–Crippen MR) is 52.2 cm³/mol. The standard InChI is InChI=1S/C6H7BO2.C3H8/c8-7(9)6-4-2-1-3-5-6;1-3-2/h1-5,8-9H;3H2,1-2H3. The van der Waals surface area contributed by atoms with Gasteiger partial charge in [-0.25, -0.2) is 0 Å². The fourth-order valence-corrected chi connectivity index (χ4v) is 0.625. The summed E-state index contributed by atoms with van der Waals surface area (Å²) in [6.45, 7) is 4.25. The molecular formula is C9H15BO2. The summed E-state index contributed by atoms with van der Waals surface area (Å²) in [6, 6.07) is 8.66. The Labute approximate surface area is 74.0 Å². The van der Waals surface area contributed by atoms with Crippen molar-refractivity contribution in [1.29, 1.82) is 0 Å². The maximum absolute atomic E-state index is 8.58. The molecule has 0 radical (unpaired) electrons. The molecule has 0 unspecified atom stereocenters. The molecule has 1 aromatic carbocycles. The van der Waals surface area contributed by atoms with Crippen LogP contribution in [-0.4, -0.2) is 17.2 Å². The molecular weight excluding hydrogens is 151 g/mol. The Morgan fingerprint density at radius 3 is 1.75 bits per heavy atom. The highest BCUT2D eigenvalue weighted by Crippen LogP contribution is 1.82. The number of rotatable bonds is 1. The van der Waals surface area contributed by atoms with Crippen molar-refractivity contribution in [2.75, 3.05) is 0 Å². The third-order valence-corrected chi connectivity index (χ3v) is 1.10. The molecule has 0 spiro atoms. The lowest BCUT2D eigenvalue weighted by atomic mass is 9.81. The Kier molecular flexibility index (Phi) is 6.43. The van der Waals surface area contributed by atoms with Crippen molar-refractivity contribution in [1.82, 2.24) is 0 Å². The van der Waals surface area contributed by atoms with E-state index < -0.39 is 7.12 Å². The van der Waals surface area contributed by atoms with E-state index in [2.05, 4.69) is 13.8 Å². The quantitative estimate of drug-likeness (QED) is 0.605. The van der Waals surface area contributed by atoms with Crippen molar-refractivity contribution in [2.45, 2.75) is 20.3 Å². The largest absolute Gasteiger partial charge is 0.488 e. The van der Waals surface area contributed by atoms with Gasteiger partial charge in [-0.05, 0) is 5.46 Å². The van der Waals surface area contributed by atoms with Crippen LogP contribution in [-0.2, 0) is 0 Å². The second-order valence-corrected chi connectivity index (χ2v) is 2.49. The summed E-state index contributed by atoms with van der Waals surface area (Å²) >= 11 is 0. The van der Waals surface area contributed by atoms with Gasteiger partial charge in [0.25, 0.3) is 0 Å². The van der Waals surface area contributed by atoms with E-state index in [0.717, 1.165) is 0 Å². The minimum absolute atomic E-state index is 0.525. The van der Waals surface area contributed by atoms with Crippen LogP contribution in [0.2, 0.25) is 0 Å². The molecule has 0 atom stereocenters. The maximum atomic E-state index is 8.58. The first-order chi connectivity index (χ1) is 5.72. The highest BCUT2D eigenvalue weighted by molar-refractivity contribution is 6.58. The zero-order chi connectivity index (χ0) is 9.40. The van der Waals surface area contributed by atoms with Gasteiger partial charge in [0, 0.05) is 0 Å². The van der Waals surface area contributed by atoms with Gasteiger partial charge in [0.2, 0.25) is 0 Å². The molecule has 0 aliphatic rings. The smallest absolute Gasteiger partial charge is 0.423 e. The van der Waals surface area contributed by atoms with Crippen molar-refractivity contribution in [3.05, 3.63) is 30.3 Å². The zero-order valence-electron chi connectivity index (χ0n) is 7.57. The summed E-state index contributed by atoms with van der Waals surface area (Å²) in [4.78, 5) is 0. The van der Waals surface area contributed by atoms with E-state index in [4.69, 9.17) is 10.0 Å². The van der Waals surface area contributed by atoms with Crippen LogP contribution in [0.15, 0.2) is 30.3 Å². The molecule has 2 N–H and O–H groups in total. The maximum Gasteiger partial charge on any atom is 0.488 e. The first-order valence-corrected chi connectivity index (χ1v) is 4.13. The van der Waals surface area contributed by atoms with Gasteiger partial charge in [0.15, 0.2) is 0 Å². The van der Waals surface area contributed by atoms with Gasteiger partial charge < -0.3 is 10.0 Å². The van der Waals surface area contributed by atoms with Gasteiger partial charge in [0.05, 0.1) is 0 Å². The summed E-state index contributed by atoms with van der Waals surface area (Å²) in [5.74, 6) is 0. The van der Waals surface area contributed by atoms with Gasteiger partial charge in [-0.15, -0.1) is 0 Å². The van der Waals surface area contributed by atoms with Gasteiger partial charge in [-0.1, -0.05) is 50.6 Å². The zero-order valence-corrected chi connectivity index (χ0v) is 7.57. The number of hydrogen-bond acceptors (Lipinski definition) is 2. The minimum atomic E-state index is -1.34. The Balaban J connectivity index is 0.000000354. The van der Waals surface area contributed by atoms with Crippen LogP contribution < -0.4 is 5.46 Å². The Morgan fingerprint density at radius 1 is 1.08 bits per heavy atom. The minimum Gasteiger partial charge on any atom is -0.423 e. The Morgan fingerprint density at radius 2 is 1.50 bits per heavy atom. The van der Waals surface area contributed by atoms with E-state index in [-0.39, 0.29) is 0 Å². The van der Waals surface area contributed by atoms with E-state index in [9.17, 15) is 0 Å². The molecule has 12 heavy (non-hydrogen) atoms. The van der Waals surface area contributed by atoms with E-state index in [1.54, 1.807) is 24.3 Å². The molecule has 1 aromatic rings. The van der Waals surface area contributed by atoms with E-state index in [0.29, 0.717) is 5.46 Å². The molecule has 0 aliphatic carbocycles. The van der Waals surface area contributed by atoms with Crippen molar-refractivity contribution in [3.8, 4) is 0 Å². The van der Waals surface area contributed by atoms with Crippen molar-refractivity contribution < 1.29 is 10.0 Å². The molecule has 0 aliphatic heterocycles. The van der Waals surface area contributed by atoms with Crippen LogP contribution >= 0.6 is 0 Å². The SMILES string of the molecule is CCC.OB(O)c1ccccc1. The molecule has 66 valence electrons. The van der Waals surface area contributed by atoms with Crippen LogP contribution in [0.25, 0.3) is 0 Å². The second kappa shape index (κ2) is 6.89. The molecule has 1 rings (SSSR count). The first kappa shape index (κ1) is 11.2. The van der Waals surface area contributed by atoms with E-state index >= 15 is 0 Å². The van der Waals surface area contributed by atoms with Crippen LogP contribution in [0.5, 0.6) is 0 Å². The molecule has 2 nitrogen and oxygen atoms in total. The molecule has 0 aromatic heterocycles.